The van der Waals surface area contributed by atoms with Gasteiger partial charge in [-0.05, 0) is 36.0 Å². The zero-order chi connectivity index (χ0) is 15.5. The van der Waals surface area contributed by atoms with Gasteiger partial charge in [-0.25, -0.2) is 0 Å². The first-order chi connectivity index (χ1) is 11.2. The Morgan fingerprint density at radius 1 is 1.17 bits per heavy atom. The predicted molar refractivity (Wildman–Crippen MR) is 82.4 cm³/mol. The fourth-order valence-corrected chi connectivity index (χ4v) is 4.86. The fourth-order valence-electron chi connectivity index (χ4n) is 4.86. The van der Waals surface area contributed by atoms with Crippen LogP contribution in [0.4, 0.5) is 0 Å². The van der Waals surface area contributed by atoms with Crippen LogP contribution in [-0.2, 0) is 19.0 Å². The zero-order valence-electron chi connectivity index (χ0n) is 13.2. The number of nitrogens with zero attached hydrogens (tertiary/aromatic N) is 1. The van der Waals surface area contributed by atoms with Crippen molar-refractivity contribution in [1.29, 1.82) is 0 Å². The summed E-state index contributed by atoms with van der Waals surface area (Å²) in [6.45, 7) is 2.52. The van der Waals surface area contributed by atoms with Crippen LogP contribution < -0.4 is 0 Å². The topological polar surface area (TPSA) is 48.0 Å². The maximum Gasteiger partial charge on any atom is 0.287 e. The van der Waals surface area contributed by atoms with Crippen molar-refractivity contribution in [2.45, 2.75) is 43.6 Å². The summed E-state index contributed by atoms with van der Waals surface area (Å²) in [6.07, 6.45) is 10.4. The highest BCUT2D eigenvalue weighted by atomic mass is 16.9. The van der Waals surface area contributed by atoms with Crippen LogP contribution >= 0.6 is 0 Å². The molecular weight excluding hydrogens is 294 g/mol. The molecule has 1 amide bonds. The molecule has 5 nitrogen and oxygen atoms in total. The molecule has 0 aromatic carbocycles. The van der Waals surface area contributed by atoms with Crippen molar-refractivity contribution >= 4 is 5.91 Å². The lowest BCUT2D eigenvalue weighted by atomic mass is 9.73. The van der Waals surface area contributed by atoms with E-state index in [1.165, 1.54) is 16.7 Å². The minimum Gasteiger partial charge on any atom is -0.329 e. The van der Waals surface area contributed by atoms with Crippen LogP contribution in [0.25, 0.3) is 0 Å². The van der Waals surface area contributed by atoms with Gasteiger partial charge >= 0.3 is 0 Å². The van der Waals surface area contributed by atoms with E-state index in [0.29, 0.717) is 32.7 Å². The van der Waals surface area contributed by atoms with Crippen molar-refractivity contribution in [2.24, 2.45) is 0 Å². The second-order valence-electron chi connectivity index (χ2n) is 6.94. The molecule has 0 radical (unpaired) electrons. The number of amides is 1. The number of carbonyl (C=O) groups excluding carboxylic acids is 1. The number of hydrogen-bond donors (Lipinski definition) is 0. The zero-order valence-corrected chi connectivity index (χ0v) is 13.2. The molecule has 5 heteroatoms. The van der Waals surface area contributed by atoms with Crippen molar-refractivity contribution in [1.82, 2.24) is 4.90 Å². The molecule has 1 atom stereocenters. The summed E-state index contributed by atoms with van der Waals surface area (Å²) in [6, 6.07) is 0. The van der Waals surface area contributed by atoms with Crippen molar-refractivity contribution < 1.29 is 19.0 Å². The maximum atomic E-state index is 12.7. The first-order valence-electron chi connectivity index (χ1n) is 8.53. The van der Waals surface area contributed by atoms with Gasteiger partial charge in [0.15, 0.2) is 0 Å². The minimum atomic E-state index is -0.929. The van der Waals surface area contributed by atoms with Crippen LogP contribution in [0.5, 0.6) is 0 Å². The Bertz CT molecular complexity index is 656. The molecule has 0 aromatic rings. The molecule has 2 saturated heterocycles. The Kier molecular flexibility index (Phi) is 2.90. The maximum absolute atomic E-state index is 12.7. The minimum absolute atomic E-state index is 0.252. The van der Waals surface area contributed by atoms with E-state index in [4.69, 9.17) is 14.2 Å². The lowest BCUT2D eigenvalue weighted by Crippen LogP contribution is -2.52. The van der Waals surface area contributed by atoms with E-state index in [1.54, 1.807) is 0 Å². The summed E-state index contributed by atoms with van der Waals surface area (Å²) < 4.78 is 17.6. The van der Waals surface area contributed by atoms with E-state index in [2.05, 4.69) is 23.1 Å². The van der Waals surface area contributed by atoms with E-state index in [9.17, 15) is 4.79 Å². The monoisotopic (exact) mass is 315 g/mol. The molecule has 5 rings (SSSR count). The van der Waals surface area contributed by atoms with E-state index >= 15 is 0 Å². The number of ether oxygens (including phenoxy) is 3. The third-order valence-corrected chi connectivity index (χ3v) is 5.85. The van der Waals surface area contributed by atoms with Crippen molar-refractivity contribution in [3.8, 4) is 0 Å². The molecule has 0 saturated carbocycles. The molecule has 0 unspecified atom stereocenters. The summed E-state index contributed by atoms with van der Waals surface area (Å²) in [5.41, 5.74) is 3.59. The average Bonchev–Trinajstić information content (AvgIpc) is 3.08. The molecule has 0 N–H and O–H groups in total. The lowest BCUT2D eigenvalue weighted by molar-refractivity contribution is -0.332. The van der Waals surface area contributed by atoms with Gasteiger partial charge in [0.05, 0.1) is 38.2 Å². The van der Waals surface area contributed by atoms with Crippen LogP contribution in [-0.4, -0.2) is 48.7 Å². The average molecular weight is 315 g/mol. The molecule has 4 heterocycles. The number of carbonyl (C=O) groups is 1. The normalized spacial score (nSPS) is 35.0. The molecular formula is C18H21NO4. The van der Waals surface area contributed by atoms with Crippen molar-refractivity contribution in [3.05, 3.63) is 34.9 Å². The third kappa shape index (κ3) is 1.81. The molecule has 0 bridgehead atoms. The molecule has 23 heavy (non-hydrogen) atoms. The summed E-state index contributed by atoms with van der Waals surface area (Å²) in [5, 5.41) is 0. The lowest BCUT2D eigenvalue weighted by Gasteiger charge is -2.45. The number of rotatable bonds is 0. The quantitative estimate of drug-likeness (QED) is 0.642. The van der Waals surface area contributed by atoms with Gasteiger partial charge in [0.25, 0.3) is 5.97 Å². The van der Waals surface area contributed by atoms with Gasteiger partial charge < -0.3 is 19.1 Å². The first-order valence-corrected chi connectivity index (χ1v) is 8.53. The van der Waals surface area contributed by atoms with E-state index in [1.807, 2.05) is 0 Å². The Balaban J connectivity index is 1.65. The Labute approximate surface area is 135 Å². The number of hydrogen-bond acceptors (Lipinski definition) is 4. The summed E-state index contributed by atoms with van der Waals surface area (Å²) in [5.74, 6) is -0.677. The van der Waals surface area contributed by atoms with Crippen molar-refractivity contribution in [3.63, 3.8) is 0 Å². The molecule has 2 fully saturated rings. The van der Waals surface area contributed by atoms with E-state index in [0.717, 1.165) is 25.8 Å². The van der Waals surface area contributed by atoms with Crippen LogP contribution in [0.15, 0.2) is 34.9 Å². The Hall–Kier alpha value is -1.43. The highest BCUT2D eigenvalue weighted by Crippen LogP contribution is 2.53. The van der Waals surface area contributed by atoms with Crippen LogP contribution in [0.3, 0.4) is 0 Å². The Morgan fingerprint density at radius 3 is 2.91 bits per heavy atom. The Morgan fingerprint density at radius 2 is 2.04 bits per heavy atom. The molecule has 122 valence electrons. The molecule has 1 aliphatic carbocycles. The van der Waals surface area contributed by atoms with Crippen LogP contribution in [0, 0.1) is 0 Å². The van der Waals surface area contributed by atoms with Crippen LogP contribution in [0.2, 0.25) is 0 Å². The first kappa shape index (κ1) is 14.0. The largest absolute Gasteiger partial charge is 0.329 e. The van der Waals surface area contributed by atoms with Gasteiger partial charge in [0.1, 0.15) is 0 Å². The van der Waals surface area contributed by atoms with Crippen LogP contribution in [0.1, 0.15) is 32.1 Å². The standard InChI is InChI=1S/C18H21NO4/c20-16-10-14-5-1-2-6-17(14)15-11-18(21-8-9-22-18)23-12-13(15)4-3-7-19(16)17/h1-2,5H,3-4,6-12H2/t17-/m1/s1. The fraction of sp³-hybridized carbons (Fsp3) is 0.611. The van der Waals surface area contributed by atoms with E-state index in [-0.39, 0.29) is 11.4 Å². The molecule has 5 aliphatic rings. The highest BCUT2D eigenvalue weighted by Gasteiger charge is 2.56. The van der Waals surface area contributed by atoms with Gasteiger partial charge in [-0.2, -0.15) is 0 Å². The second kappa shape index (κ2) is 4.79. The van der Waals surface area contributed by atoms with Gasteiger partial charge in [0.2, 0.25) is 5.91 Å². The summed E-state index contributed by atoms with van der Waals surface area (Å²) in [7, 11) is 0. The predicted octanol–water partition coefficient (Wildman–Crippen LogP) is 2.06. The summed E-state index contributed by atoms with van der Waals surface area (Å²) >= 11 is 0. The molecule has 0 aromatic heterocycles. The van der Waals surface area contributed by atoms with Crippen molar-refractivity contribution in [2.75, 3.05) is 26.4 Å². The second-order valence-corrected chi connectivity index (χ2v) is 6.94. The van der Waals surface area contributed by atoms with E-state index < -0.39 is 5.97 Å². The number of allylic oxidation sites excluding steroid dienone is 2. The molecule has 4 aliphatic heterocycles. The third-order valence-electron chi connectivity index (χ3n) is 5.85. The SMILES string of the molecule is O=C1CC2=CC=CC[C@]23C2=C(CCCN13)COC1(C2)OCCO1. The van der Waals surface area contributed by atoms with Gasteiger partial charge in [0, 0.05) is 6.54 Å². The summed E-state index contributed by atoms with van der Waals surface area (Å²) in [4.78, 5) is 14.8. The van der Waals surface area contributed by atoms with Gasteiger partial charge in [-0.15, -0.1) is 0 Å². The highest BCUT2D eigenvalue weighted by molar-refractivity contribution is 5.87. The smallest absolute Gasteiger partial charge is 0.287 e. The van der Waals surface area contributed by atoms with Gasteiger partial charge in [-0.1, -0.05) is 18.2 Å². The van der Waals surface area contributed by atoms with Gasteiger partial charge in [-0.3, -0.25) is 4.79 Å². The molecule has 2 spiro atoms.